The molecule has 0 amide bonds. The molecule has 5 rings (SSSR count). The van der Waals surface area contributed by atoms with Gasteiger partial charge in [0.2, 0.25) is 0 Å². The van der Waals surface area contributed by atoms with Gasteiger partial charge in [0.25, 0.3) is 15.6 Å². The molecule has 0 radical (unpaired) electrons. The first-order valence-corrected chi connectivity index (χ1v) is 13.0. The highest BCUT2D eigenvalue weighted by Gasteiger charge is 2.42. The van der Waals surface area contributed by atoms with E-state index in [4.69, 9.17) is 0 Å². The van der Waals surface area contributed by atoms with Crippen molar-refractivity contribution in [2.45, 2.75) is 23.7 Å². The van der Waals surface area contributed by atoms with Crippen LogP contribution in [0.5, 0.6) is 0 Å². The summed E-state index contributed by atoms with van der Waals surface area (Å²) in [7, 11) is -3.27. The number of alkyl halides is 3. The van der Waals surface area contributed by atoms with Crippen LogP contribution in [-0.4, -0.2) is 42.0 Å². The second kappa shape index (κ2) is 9.10. The van der Waals surface area contributed by atoms with Crippen LogP contribution in [0.25, 0.3) is 21.9 Å². The quantitative estimate of drug-likeness (QED) is 0.409. The number of likely N-dealkylation sites (N-methyl/N-ethyl adjacent to an activating group) is 1. The Morgan fingerprint density at radius 3 is 2.39 bits per heavy atom. The van der Waals surface area contributed by atoms with E-state index in [1.165, 1.54) is 13.1 Å². The summed E-state index contributed by atoms with van der Waals surface area (Å²) in [6, 6.07) is 16.6. The minimum atomic E-state index is -4.71. The number of hydrogen-bond donors (Lipinski definition) is 1. The topological polar surface area (TPSA) is 96.7 Å². The maximum Gasteiger partial charge on any atom is 0.416 e. The van der Waals surface area contributed by atoms with Gasteiger partial charge in [-0.15, -0.1) is 0 Å². The molecule has 4 aromatic rings. The first-order chi connectivity index (χ1) is 17.9. The van der Waals surface area contributed by atoms with Gasteiger partial charge in [0, 0.05) is 25.2 Å². The zero-order valence-electron chi connectivity index (χ0n) is 19.9. The molecule has 11 heteroatoms. The molecule has 2 heterocycles. The largest absolute Gasteiger partial charge is 0.480 e. The Bertz CT molecular complexity index is 1760. The zero-order valence-corrected chi connectivity index (χ0v) is 20.8. The number of rotatable bonds is 4. The van der Waals surface area contributed by atoms with Crippen LogP contribution in [-0.2, 0) is 27.4 Å². The van der Waals surface area contributed by atoms with Crippen LogP contribution in [0.15, 0.2) is 82.6 Å². The third-order valence-electron chi connectivity index (χ3n) is 6.71. The number of fused-ring (bicyclic) bond motifs is 2. The number of carbonyl (C=O) groups is 1. The van der Waals surface area contributed by atoms with E-state index in [1.54, 1.807) is 12.1 Å². The minimum absolute atomic E-state index is 0.0208. The lowest BCUT2D eigenvalue weighted by molar-refractivity contribution is -0.141. The number of benzene rings is 3. The summed E-state index contributed by atoms with van der Waals surface area (Å²) < 4.78 is 69.5. The number of hydrogen-bond acceptors (Lipinski definition) is 4. The van der Waals surface area contributed by atoms with Crippen molar-refractivity contribution in [2.24, 2.45) is 0 Å². The van der Waals surface area contributed by atoms with Crippen LogP contribution in [0.4, 0.5) is 13.2 Å². The predicted octanol–water partition coefficient (Wildman–Crippen LogP) is 4.54. The van der Waals surface area contributed by atoms with Crippen LogP contribution in [0.1, 0.15) is 22.7 Å². The van der Waals surface area contributed by atoms with Crippen molar-refractivity contribution in [3.05, 3.63) is 99.8 Å². The Morgan fingerprint density at radius 2 is 1.68 bits per heavy atom. The molecular weight excluding hydrogens is 521 g/mol. The summed E-state index contributed by atoms with van der Waals surface area (Å²) in [6.45, 7) is -0.505. The van der Waals surface area contributed by atoms with E-state index >= 15 is 0 Å². The first kappa shape index (κ1) is 25.7. The first-order valence-electron chi connectivity index (χ1n) is 11.5. The molecule has 196 valence electrons. The summed E-state index contributed by atoms with van der Waals surface area (Å²) in [5, 5.41) is 10.9. The van der Waals surface area contributed by atoms with Crippen molar-refractivity contribution in [1.29, 1.82) is 0 Å². The Morgan fingerprint density at radius 1 is 1.00 bits per heavy atom. The Balaban J connectivity index is 1.88. The summed E-state index contributed by atoms with van der Waals surface area (Å²) in [5.41, 5.74) is -1.22. The molecule has 0 aliphatic carbocycles. The number of carboxylic acids is 1. The van der Waals surface area contributed by atoms with E-state index in [-0.39, 0.29) is 23.1 Å². The maximum atomic E-state index is 13.6. The molecule has 1 atom stereocenters. The fourth-order valence-corrected chi connectivity index (χ4v) is 6.51. The molecule has 7 nitrogen and oxygen atoms in total. The number of carboxylic acid groups (broad SMARTS) is 1. The molecule has 38 heavy (non-hydrogen) atoms. The third kappa shape index (κ3) is 4.27. The van der Waals surface area contributed by atoms with Gasteiger partial charge in [-0.1, -0.05) is 54.6 Å². The lowest BCUT2D eigenvalue weighted by Crippen LogP contribution is -2.48. The number of sulfonamides is 1. The zero-order chi connectivity index (χ0) is 27.4. The Labute approximate surface area is 215 Å². The predicted molar refractivity (Wildman–Crippen MR) is 134 cm³/mol. The number of nitrogens with zero attached hydrogens (tertiary/aromatic N) is 2. The van der Waals surface area contributed by atoms with Gasteiger partial charge in [-0.2, -0.15) is 17.5 Å². The standard InChI is InChI=1S/C27H21F3N2O5S/c1-31-15-22(26(34)35)32-23(33)14-19(12-17-8-4-7-16-6-2-3-11-21(16)17)24(25(32)38(31,36)37)18-9-5-10-20(13-18)27(28,29)30/h2-11,13-14,22H,12,15H2,1H3,(H,34,35)/t22-/m0/s1. The highest BCUT2D eigenvalue weighted by molar-refractivity contribution is 7.89. The summed E-state index contributed by atoms with van der Waals surface area (Å²) in [6.07, 6.45) is -4.69. The van der Waals surface area contributed by atoms with Crippen molar-refractivity contribution in [2.75, 3.05) is 13.6 Å². The van der Waals surface area contributed by atoms with Crippen LogP contribution in [0.3, 0.4) is 0 Å². The molecule has 0 fully saturated rings. The maximum absolute atomic E-state index is 13.6. The van der Waals surface area contributed by atoms with Gasteiger partial charge in [-0.25, -0.2) is 13.2 Å². The molecular formula is C27H21F3N2O5S. The molecule has 1 aromatic heterocycles. The fraction of sp³-hybridized carbons (Fsp3) is 0.185. The normalized spacial score (nSPS) is 17.3. The molecule has 1 aliphatic rings. The molecule has 3 aromatic carbocycles. The van der Waals surface area contributed by atoms with Gasteiger partial charge in [0.1, 0.15) is 6.04 Å². The van der Waals surface area contributed by atoms with Gasteiger partial charge in [0.15, 0.2) is 5.03 Å². The van der Waals surface area contributed by atoms with Crippen molar-refractivity contribution < 1.29 is 31.5 Å². The van der Waals surface area contributed by atoms with E-state index < -0.39 is 50.9 Å². The van der Waals surface area contributed by atoms with E-state index in [0.29, 0.717) is 4.57 Å². The van der Waals surface area contributed by atoms with E-state index in [2.05, 4.69) is 0 Å². The van der Waals surface area contributed by atoms with Gasteiger partial charge >= 0.3 is 12.1 Å². The van der Waals surface area contributed by atoms with Crippen molar-refractivity contribution in [3.8, 4) is 11.1 Å². The van der Waals surface area contributed by atoms with Crippen molar-refractivity contribution in [3.63, 3.8) is 0 Å². The van der Waals surface area contributed by atoms with Crippen LogP contribution >= 0.6 is 0 Å². The Kier molecular flexibility index (Phi) is 6.15. The molecule has 0 spiro atoms. The molecule has 1 N–H and O–H groups in total. The number of halogens is 3. The second-order valence-corrected chi connectivity index (χ2v) is 11.1. The van der Waals surface area contributed by atoms with E-state index in [9.17, 15) is 36.3 Å². The summed E-state index contributed by atoms with van der Waals surface area (Å²) in [5.74, 6) is -1.44. The van der Waals surface area contributed by atoms with Gasteiger partial charge < -0.3 is 5.11 Å². The van der Waals surface area contributed by atoms with Crippen molar-refractivity contribution >= 4 is 26.8 Å². The average molecular weight is 543 g/mol. The monoisotopic (exact) mass is 542 g/mol. The van der Waals surface area contributed by atoms with Gasteiger partial charge in [0.05, 0.1) is 5.56 Å². The molecule has 0 saturated carbocycles. The van der Waals surface area contributed by atoms with Crippen molar-refractivity contribution in [1.82, 2.24) is 8.87 Å². The smallest absolute Gasteiger partial charge is 0.416 e. The van der Waals surface area contributed by atoms with E-state index in [1.807, 2.05) is 30.3 Å². The lowest BCUT2D eigenvalue weighted by atomic mass is 9.93. The highest BCUT2D eigenvalue weighted by atomic mass is 32.2. The fourth-order valence-electron chi connectivity index (χ4n) is 4.91. The number of aromatic nitrogens is 1. The second-order valence-electron chi connectivity index (χ2n) is 9.09. The number of aliphatic carboxylic acids is 1. The van der Waals surface area contributed by atoms with Crippen LogP contribution < -0.4 is 5.56 Å². The Hall–Kier alpha value is -3.96. The van der Waals surface area contributed by atoms with E-state index in [0.717, 1.165) is 44.9 Å². The molecule has 0 bridgehead atoms. The third-order valence-corrected chi connectivity index (χ3v) is 8.57. The van der Waals surface area contributed by atoms with Crippen LogP contribution in [0.2, 0.25) is 0 Å². The average Bonchev–Trinajstić information content (AvgIpc) is 2.86. The molecule has 1 aliphatic heterocycles. The molecule has 0 unspecified atom stereocenters. The lowest BCUT2D eigenvalue weighted by Gasteiger charge is -2.33. The molecule has 0 saturated heterocycles. The SMILES string of the molecule is CN1C[C@@H](C(=O)O)n2c(c(-c3cccc(C(F)(F)F)c3)c(Cc3cccc4ccccc34)cc2=O)S1(=O)=O. The minimum Gasteiger partial charge on any atom is -0.480 e. The number of pyridine rings is 1. The van der Waals surface area contributed by atoms with Gasteiger partial charge in [-0.05, 0) is 46.0 Å². The summed E-state index contributed by atoms with van der Waals surface area (Å²) in [4.78, 5) is 25.3. The highest BCUT2D eigenvalue weighted by Crippen LogP contribution is 2.39. The summed E-state index contributed by atoms with van der Waals surface area (Å²) >= 11 is 0. The van der Waals surface area contributed by atoms with Crippen LogP contribution in [0, 0.1) is 0 Å². The van der Waals surface area contributed by atoms with Gasteiger partial charge in [-0.3, -0.25) is 9.36 Å².